The number of ketones is 1. The number of Topliss-reactive ketones (excluding diaryl/α,β-unsaturated/α-hetero) is 1. The quantitative estimate of drug-likeness (QED) is 0.594. The molecule has 1 heterocycles. The van der Waals surface area contributed by atoms with Crippen molar-refractivity contribution in [3.8, 4) is 0 Å². The van der Waals surface area contributed by atoms with E-state index in [1.54, 1.807) is 0 Å². The molecular formula is C19H19F3N2O4. The highest BCUT2D eigenvalue weighted by Gasteiger charge is 2.32. The number of alkyl halides is 3. The molecule has 0 bridgehead atoms. The van der Waals surface area contributed by atoms with Crippen LogP contribution in [0, 0.1) is 13.8 Å². The normalized spacial score (nSPS) is 11.2. The molecule has 2 aromatic rings. The van der Waals surface area contributed by atoms with E-state index in [0.29, 0.717) is 5.56 Å². The molecule has 0 aliphatic heterocycles. The van der Waals surface area contributed by atoms with Gasteiger partial charge in [0, 0.05) is 18.3 Å². The van der Waals surface area contributed by atoms with E-state index in [0.717, 1.165) is 13.2 Å². The first-order valence-corrected chi connectivity index (χ1v) is 8.24. The summed E-state index contributed by atoms with van der Waals surface area (Å²) in [6.45, 7) is 4.16. The minimum Gasteiger partial charge on any atom is -0.465 e. The van der Waals surface area contributed by atoms with Crippen LogP contribution in [0.3, 0.4) is 0 Å². The highest BCUT2D eigenvalue weighted by molar-refractivity contribution is 6.02. The summed E-state index contributed by atoms with van der Waals surface area (Å²) >= 11 is 0. The van der Waals surface area contributed by atoms with Gasteiger partial charge in [-0.1, -0.05) is 6.07 Å². The molecule has 0 radical (unpaired) electrons. The minimum atomic E-state index is -4.55. The molecule has 28 heavy (non-hydrogen) atoms. The third-order valence-corrected chi connectivity index (χ3v) is 4.23. The smallest absolute Gasteiger partial charge is 0.416 e. The number of H-pyrrole nitrogens is 1. The van der Waals surface area contributed by atoms with Gasteiger partial charge in [0.05, 0.1) is 30.4 Å². The van der Waals surface area contributed by atoms with E-state index < -0.39 is 23.6 Å². The van der Waals surface area contributed by atoms with Crippen molar-refractivity contribution < 1.29 is 32.3 Å². The van der Waals surface area contributed by atoms with Crippen LogP contribution in [0.2, 0.25) is 0 Å². The molecule has 0 atom stereocenters. The van der Waals surface area contributed by atoms with E-state index in [4.69, 9.17) is 4.74 Å². The number of esters is 1. The van der Waals surface area contributed by atoms with Crippen molar-refractivity contribution in [2.45, 2.75) is 33.4 Å². The Morgan fingerprint density at radius 1 is 1.18 bits per heavy atom. The molecule has 0 fully saturated rings. The van der Waals surface area contributed by atoms with Gasteiger partial charge < -0.3 is 15.0 Å². The van der Waals surface area contributed by atoms with Crippen LogP contribution in [-0.2, 0) is 22.1 Å². The van der Waals surface area contributed by atoms with Crippen LogP contribution < -0.4 is 5.32 Å². The summed E-state index contributed by atoms with van der Waals surface area (Å²) < 4.78 is 43.7. The maximum absolute atomic E-state index is 13.0. The van der Waals surface area contributed by atoms with Crippen molar-refractivity contribution >= 4 is 23.3 Å². The van der Waals surface area contributed by atoms with Crippen LogP contribution in [0.25, 0.3) is 0 Å². The van der Waals surface area contributed by atoms with E-state index in [1.165, 1.54) is 32.9 Å². The van der Waals surface area contributed by atoms with Crippen LogP contribution in [-0.4, -0.2) is 29.8 Å². The van der Waals surface area contributed by atoms with Crippen molar-refractivity contribution in [2.75, 3.05) is 12.4 Å². The van der Waals surface area contributed by atoms with Gasteiger partial charge in [0.25, 0.3) is 0 Å². The summed E-state index contributed by atoms with van der Waals surface area (Å²) in [5.74, 6) is -1.71. The summed E-state index contributed by atoms with van der Waals surface area (Å²) in [5, 5.41) is 2.38. The second kappa shape index (κ2) is 7.87. The number of aryl methyl sites for hydroxylation is 1. The lowest BCUT2D eigenvalue weighted by Gasteiger charge is -2.13. The lowest BCUT2D eigenvalue weighted by molar-refractivity contribution is -0.138. The van der Waals surface area contributed by atoms with E-state index in [2.05, 4.69) is 10.3 Å². The topological polar surface area (TPSA) is 88.3 Å². The molecule has 9 heteroatoms. The lowest BCUT2D eigenvalue weighted by atomic mass is 10.1. The highest BCUT2D eigenvalue weighted by Crippen LogP contribution is 2.33. The number of halogens is 3. The SMILES string of the molecule is COC(=O)c1c(CC(=O)Nc2ccc(C)c(C(F)(F)F)c2)[nH]c(C(C)=O)c1C. The fraction of sp³-hybridized carbons (Fsp3) is 0.316. The Hall–Kier alpha value is -3.10. The summed E-state index contributed by atoms with van der Waals surface area (Å²) in [7, 11) is 1.16. The molecular weight excluding hydrogens is 377 g/mol. The predicted octanol–water partition coefficient (Wildman–Crippen LogP) is 3.82. The lowest BCUT2D eigenvalue weighted by Crippen LogP contribution is -2.18. The highest BCUT2D eigenvalue weighted by atomic mass is 19.4. The summed E-state index contributed by atoms with van der Waals surface area (Å²) in [6, 6.07) is 3.45. The van der Waals surface area contributed by atoms with E-state index >= 15 is 0 Å². The fourth-order valence-corrected chi connectivity index (χ4v) is 2.89. The first kappa shape index (κ1) is 21.2. The number of anilines is 1. The molecule has 2 rings (SSSR count). The molecule has 2 N–H and O–H groups in total. The maximum Gasteiger partial charge on any atom is 0.416 e. The summed E-state index contributed by atoms with van der Waals surface area (Å²) in [6.07, 6.45) is -4.90. The number of hydrogen-bond donors (Lipinski definition) is 2. The van der Waals surface area contributed by atoms with Crippen molar-refractivity contribution in [1.82, 2.24) is 4.98 Å². The summed E-state index contributed by atoms with van der Waals surface area (Å²) in [5.41, 5.74) is -0.134. The van der Waals surface area contributed by atoms with Crippen LogP contribution in [0.1, 0.15) is 50.2 Å². The number of nitrogens with one attached hydrogen (secondary N) is 2. The largest absolute Gasteiger partial charge is 0.465 e. The average Bonchev–Trinajstić information content (AvgIpc) is 2.91. The zero-order valence-corrected chi connectivity index (χ0v) is 15.7. The molecule has 0 aliphatic carbocycles. The average molecular weight is 396 g/mol. The molecule has 0 saturated heterocycles. The number of methoxy groups -OCH3 is 1. The van der Waals surface area contributed by atoms with Gasteiger partial charge in [-0.3, -0.25) is 9.59 Å². The third kappa shape index (κ3) is 4.41. The zero-order valence-electron chi connectivity index (χ0n) is 15.7. The van der Waals surface area contributed by atoms with E-state index in [-0.39, 0.29) is 40.4 Å². The number of benzene rings is 1. The van der Waals surface area contributed by atoms with Gasteiger partial charge in [0.2, 0.25) is 5.91 Å². The number of carbonyl (C=O) groups is 3. The Kier molecular flexibility index (Phi) is 5.96. The van der Waals surface area contributed by atoms with Crippen molar-refractivity contribution in [3.63, 3.8) is 0 Å². The zero-order chi connectivity index (χ0) is 21.2. The van der Waals surface area contributed by atoms with Gasteiger partial charge in [-0.05, 0) is 37.1 Å². The fourth-order valence-electron chi connectivity index (χ4n) is 2.89. The third-order valence-electron chi connectivity index (χ3n) is 4.23. The van der Waals surface area contributed by atoms with Crippen LogP contribution in [0.5, 0.6) is 0 Å². The Labute approximate surface area is 159 Å². The number of aromatic nitrogens is 1. The number of aromatic amines is 1. The van der Waals surface area contributed by atoms with E-state index in [9.17, 15) is 27.6 Å². The van der Waals surface area contributed by atoms with E-state index in [1.807, 2.05) is 0 Å². The molecule has 0 unspecified atom stereocenters. The molecule has 1 amide bonds. The van der Waals surface area contributed by atoms with Crippen LogP contribution >= 0.6 is 0 Å². The molecule has 1 aromatic heterocycles. The Morgan fingerprint density at radius 2 is 1.82 bits per heavy atom. The molecule has 6 nitrogen and oxygen atoms in total. The summed E-state index contributed by atoms with van der Waals surface area (Å²) in [4.78, 5) is 38.8. The standard InChI is InChI=1S/C19H19F3N2O4/c1-9-5-6-12(7-13(9)19(20,21)22)23-15(26)8-14-16(18(27)28-4)10(2)17(24-14)11(3)25/h5-7,24H,8H2,1-4H3,(H,23,26). The van der Waals surface area contributed by atoms with Crippen molar-refractivity contribution in [2.24, 2.45) is 0 Å². The van der Waals surface area contributed by atoms with Crippen molar-refractivity contribution in [3.05, 3.63) is 51.8 Å². The Bertz CT molecular complexity index is 945. The molecule has 0 spiro atoms. The van der Waals surface area contributed by atoms with Gasteiger partial charge >= 0.3 is 12.1 Å². The minimum absolute atomic E-state index is 0.0300. The Balaban J connectivity index is 2.30. The maximum atomic E-state index is 13.0. The van der Waals surface area contributed by atoms with Crippen LogP contribution in [0.15, 0.2) is 18.2 Å². The van der Waals surface area contributed by atoms with Gasteiger partial charge in [-0.25, -0.2) is 4.79 Å². The van der Waals surface area contributed by atoms with Gasteiger partial charge in [0.15, 0.2) is 5.78 Å². The molecule has 0 saturated carbocycles. The van der Waals surface area contributed by atoms with Gasteiger partial charge in [-0.15, -0.1) is 0 Å². The number of carbonyl (C=O) groups excluding carboxylic acids is 3. The monoisotopic (exact) mass is 396 g/mol. The Morgan fingerprint density at radius 3 is 2.36 bits per heavy atom. The number of ether oxygens (including phenoxy) is 1. The van der Waals surface area contributed by atoms with Crippen LogP contribution in [0.4, 0.5) is 18.9 Å². The van der Waals surface area contributed by atoms with Gasteiger partial charge in [-0.2, -0.15) is 13.2 Å². The first-order chi connectivity index (χ1) is 13.0. The second-order valence-corrected chi connectivity index (χ2v) is 6.28. The molecule has 0 aliphatic rings. The molecule has 150 valence electrons. The number of hydrogen-bond acceptors (Lipinski definition) is 4. The molecule has 1 aromatic carbocycles. The first-order valence-electron chi connectivity index (χ1n) is 8.24. The number of amides is 1. The van der Waals surface area contributed by atoms with Gasteiger partial charge in [0.1, 0.15) is 0 Å². The predicted molar refractivity (Wildman–Crippen MR) is 95.4 cm³/mol. The number of rotatable bonds is 5. The second-order valence-electron chi connectivity index (χ2n) is 6.28. The van der Waals surface area contributed by atoms with Crippen molar-refractivity contribution in [1.29, 1.82) is 0 Å².